The molecule has 0 fully saturated rings. The van der Waals surface area contributed by atoms with Crippen LogP contribution >= 0.6 is 38.9 Å². The molecule has 1 N–H and O–H groups in total. The van der Waals surface area contributed by atoms with Gasteiger partial charge in [0.25, 0.3) is 0 Å². The Labute approximate surface area is 184 Å². The maximum absolute atomic E-state index is 12.7. The van der Waals surface area contributed by atoms with Gasteiger partial charge in [-0.05, 0) is 53.5 Å². The number of esters is 1. The molecule has 0 aliphatic heterocycles. The van der Waals surface area contributed by atoms with Crippen LogP contribution in [0.15, 0.2) is 22.2 Å². The number of benzene rings is 1. The van der Waals surface area contributed by atoms with Crippen LogP contribution in [0.25, 0.3) is 6.08 Å². The standard InChI is InChI=1S/C20H14BrClN2O4S/c1-3-28-20(27)19-10(2)14(9-24)17(29-19)7-16(25)12(8-23)4-11-5-13(22)6-15(21)18(11)26/h4-6,26H,3,7H2,1-2H3/b12-4+. The largest absolute Gasteiger partial charge is 0.506 e. The van der Waals surface area contributed by atoms with Gasteiger partial charge in [-0.15, -0.1) is 11.3 Å². The lowest BCUT2D eigenvalue weighted by molar-refractivity contribution is -0.114. The minimum Gasteiger partial charge on any atom is -0.506 e. The van der Waals surface area contributed by atoms with Crippen molar-refractivity contribution in [1.29, 1.82) is 10.5 Å². The smallest absolute Gasteiger partial charge is 0.348 e. The number of allylic oxidation sites excluding steroid dienone is 1. The van der Waals surface area contributed by atoms with Crippen LogP contribution in [0, 0.1) is 29.6 Å². The number of hydrogen-bond donors (Lipinski definition) is 1. The van der Waals surface area contributed by atoms with E-state index < -0.39 is 11.8 Å². The summed E-state index contributed by atoms with van der Waals surface area (Å²) in [5, 5.41) is 29.3. The summed E-state index contributed by atoms with van der Waals surface area (Å²) in [4.78, 5) is 25.4. The molecule has 0 atom stereocenters. The zero-order valence-corrected chi connectivity index (χ0v) is 18.5. The molecule has 9 heteroatoms. The maximum atomic E-state index is 12.7. The third kappa shape index (κ3) is 5.04. The lowest BCUT2D eigenvalue weighted by Gasteiger charge is -2.04. The third-order valence-corrected chi connectivity index (χ3v) is 5.99. The Bertz CT molecular complexity index is 1110. The highest BCUT2D eigenvalue weighted by Crippen LogP contribution is 2.33. The molecule has 0 bridgehead atoms. The lowest BCUT2D eigenvalue weighted by Crippen LogP contribution is -2.05. The summed E-state index contributed by atoms with van der Waals surface area (Å²) in [7, 11) is 0. The van der Waals surface area contributed by atoms with Crippen LogP contribution < -0.4 is 0 Å². The summed E-state index contributed by atoms with van der Waals surface area (Å²) >= 11 is 10.1. The zero-order valence-electron chi connectivity index (χ0n) is 15.4. The van der Waals surface area contributed by atoms with Gasteiger partial charge in [0.05, 0.1) is 22.2 Å². The van der Waals surface area contributed by atoms with Crippen LogP contribution in [-0.4, -0.2) is 23.5 Å². The average Bonchev–Trinajstić information content (AvgIpc) is 2.98. The molecule has 0 amide bonds. The number of aromatic hydroxyl groups is 1. The number of rotatable bonds is 6. The first-order valence-electron chi connectivity index (χ1n) is 8.25. The molecule has 2 aromatic rings. The number of Topliss-reactive ketones (excluding diaryl/α,β-unsaturated/α-hetero) is 1. The van der Waals surface area contributed by atoms with Crippen LogP contribution in [-0.2, 0) is 16.0 Å². The molecule has 0 unspecified atom stereocenters. The zero-order chi connectivity index (χ0) is 21.7. The number of ether oxygens (including phenoxy) is 1. The average molecular weight is 494 g/mol. The molecule has 1 heterocycles. The molecule has 0 aliphatic carbocycles. The van der Waals surface area contributed by atoms with Crippen LogP contribution in [0.4, 0.5) is 0 Å². The predicted molar refractivity (Wildman–Crippen MR) is 113 cm³/mol. The van der Waals surface area contributed by atoms with Crippen LogP contribution in [0.2, 0.25) is 5.02 Å². The second kappa shape index (κ2) is 9.71. The van der Waals surface area contributed by atoms with Crippen molar-refractivity contribution >= 4 is 56.7 Å². The summed E-state index contributed by atoms with van der Waals surface area (Å²) in [6, 6.07) is 6.71. The number of nitriles is 2. The number of ketones is 1. The monoisotopic (exact) mass is 492 g/mol. The predicted octanol–water partition coefficient (Wildman–Crippen LogP) is 4.95. The van der Waals surface area contributed by atoms with Gasteiger partial charge in [-0.2, -0.15) is 10.5 Å². The van der Waals surface area contributed by atoms with Crippen molar-refractivity contribution in [3.8, 4) is 17.9 Å². The van der Waals surface area contributed by atoms with Crippen molar-refractivity contribution in [2.45, 2.75) is 20.3 Å². The number of thiophene rings is 1. The number of carbonyl (C=O) groups excluding carboxylic acids is 2. The van der Waals surface area contributed by atoms with Gasteiger partial charge in [0, 0.05) is 21.9 Å². The molecule has 0 radical (unpaired) electrons. The molecule has 2 rings (SSSR count). The minimum atomic E-state index is -0.560. The fourth-order valence-electron chi connectivity index (χ4n) is 2.50. The second-order valence-electron chi connectivity index (χ2n) is 5.78. The molecule has 29 heavy (non-hydrogen) atoms. The third-order valence-electron chi connectivity index (χ3n) is 3.89. The maximum Gasteiger partial charge on any atom is 0.348 e. The van der Waals surface area contributed by atoms with E-state index in [-0.39, 0.29) is 40.4 Å². The summed E-state index contributed by atoms with van der Waals surface area (Å²) in [5.74, 6) is -1.28. The molecule has 1 aromatic carbocycles. The lowest BCUT2D eigenvalue weighted by atomic mass is 10.0. The number of phenolic OH excluding ortho intramolecular Hbond substituents is 1. The van der Waals surface area contributed by atoms with Crippen molar-refractivity contribution in [3.63, 3.8) is 0 Å². The highest BCUT2D eigenvalue weighted by molar-refractivity contribution is 9.10. The Morgan fingerprint density at radius 3 is 2.66 bits per heavy atom. The van der Waals surface area contributed by atoms with Gasteiger partial charge in [0.2, 0.25) is 0 Å². The van der Waals surface area contributed by atoms with Crippen LogP contribution in [0.3, 0.4) is 0 Å². The van der Waals surface area contributed by atoms with Gasteiger partial charge in [-0.25, -0.2) is 4.79 Å². The Balaban J connectivity index is 2.41. The molecular formula is C20H14BrClN2O4S. The first-order valence-corrected chi connectivity index (χ1v) is 10.2. The number of hydrogen-bond acceptors (Lipinski definition) is 7. The first-order chi connectivity index (χ1) is 13.7. The van der Waals surface area contributed by atoms with Crippen molar-refractivity contribution < 1.29 is 19.4 Å². The van der Waals surface area contributed by atoms with Gasteiger partial charge >= 0.3 is 5.97 Å². The number of phenols is 1. The van der Waals surface area contributed by atoms with Crippen molar-refractivity contribution in [1.82, 2.24) is 0 Å². The van der Waals surface area contributed by atoms with Gasteiger partial charge in [0.15, 0.2) is 5.78 Å². The topological polar surface area (TPSA) is 111 Å². The van der Waals surface area contributed by atoms with E-state index in [9.17, 15) is 25.2 Å². The van der Waals surface area contributed by atoms with E-state index in [2.05, 4.69) is 15.9 Å². The fraction of sp³-hybridized carbons (Fsp3) is 0.200. The minimum absolute atomic E-state index is 0.163. The molecule has 0 aliphatic rings. The number of carbonyl (C=O) groups is 2. The molecule has 6 nitrogen and oxygen atoms in total. The Morgan fingerprint density at radius 2 is 2.07 bits per heavy atom. The molecule has 0 saturated carbocycles. The van der Waals surface area contributed by atoms with Crippen molar-refractivity contribution in [2.75, 3.05) is 6.61 Å². The Morgan fingerprint density at radius 1 is 1.38 bits per heavy atom. The van der Waals surface area contributed by atoms with Crippen molar-refractivity contribution in [3.05, 3.63) is 53.6 Å². The van der Waals surface area contributed by atoms with E-state index in [4.69, 9.17) is 16.3 Å². The van der Waals surface area contributed by atoms with Crippen LogP contribution in [0.1, 0.15) is 38.2 Å². The summed E-state index contributed by atoms with van der Waals surface area (Å²) < 4.78 is 5.30. The van der Waals surface area contributed by atoms with Gasteiger partial charge in [-0.3, -0.25) is 4.79 Å². The normalized spacial score (nSPS) is 10.9. The van der Waals surface area contributed by atoms with Gasteiger partial charge in [-0.1, -0.05) is 11.6 Å². The Hall–Kier alpha value is -2.65. The molecule has 1 aromatic heterocycles. The Kier molecular flexibility index (Phi) is 7.58. The SMILES string of the molecule is CCOC(=O)c1sc(CC(=O)/C(C#N)=C/c2cc(Cl)cc(Br)c2O)c(C#N)c1C. The van der Waals surface area contributed by atoms with Gasteiger partial charge < -0.3 is 9.84 Å². The molecule has 0 saturated heterocycles. The second-order valence-corrected chi connectivity index (χ2v) is 8.18. The highest BCUT2D eigenvalue weighted by atomic mass is 79.9. The van der Waals surface area contributed by atoms with E-state index in [1.807, 2.05) is 12.1 Å². The fourth-order valence-corrected chi connectivity index (χ4v) is 4.48. The van der Waals surface area contributed by atoms with Crippen LogP contribution in [0.5, 0.6) is 5.75 Å². The van der Waals surface area contributed by atoms with E-state index in [0.717, 1.165) is 11.3 Å². The summed E-state index contributed by atoms with van der Waals surface area (Å²) in [6.07, 6.45) is 0.989. The molecule has 0 spiro atoms. The van der Waals surface area contributed by atoms with E-state index in [1.54, 1.807) is 13.8 Å². The van der Waals surface area contributed by atoms with Crippen molar-refractivity contribution in [2.24, 2.45) is 0 Å². The highest BCUT2D eigenvalue weighted by Gasteiger charge is 2.23. The quantitative estimate of drug-likeness (QED) is 0.346. The molecular weight excluding hydrogens is 480 g/mol. The first kappa shape index (κ1) is 22.6. The number of nitrogens with zero attached hydrogens (tertiary/aromatic N) is 2. The van der Waals surface area contributed by atoms with Gasteiger partial charge in [0.1, 0.15) is 22.8 Å². The van der Waals surface area contributed by atoms with E-state index in [1.165, 1.54) is 18.2 Å². The molecule has 148 valence electrons. The summed E-state index contributed by atoms with van der Waals surface area (Å²) in [6.45, 7) is 3.47. The van der Waals surface area contributed by atoms with E-state index >= 15 is 0 Å². The summed E-state index contributed by atoms with van der Waals surface area (Å²) in [5.41, 5.74) is 0.640. The van der Waals surface area contributed by atoms with E-state index in [0.29, 0.717) is 19.9 Å². The number of halogens is 2.